The number of nitro groups is 2. The molecule has 0 spiro atoms. The molecule has 0 bridgehead atoms. The third kappa shape index (κ3) is 52.8. The van der Waals surface area contributed by atoms with Crippen molar-refractivity contribution in [3.63, 3.8) is 0 Å². The van der Waals surface area contributed by atoms with E-state index in [4.69, 9.17) is 132 Å². The maximum Gasteiger partial charge on any atom is 0.344 e. The average Bonchev–Trinajstić information content (AvgIpc) is 0.932. The van der Waals surface area contributed by atoms with Crippen molar-refractivity contribution in [1.29, 1.82) is 5.26 Å². The molecule has 40 nitrogen and oxygen atoms in total. The number of alkyl halides is 3. The minimum Gasteiger partial charge on any atom is -0.482 e. The van der Waals surface area contributed by atoms with Crippen LogP contribution >= 0.6 is 34.8 Å². The number of isocyanates is 1. The van der Waals surface area contributed by atoms with Gasteiger partial charge in [-0.05, 0) is 121 Å². The Labute approximate surface area is 670 Å². The minimum atomic E-state index is -0.980. The van der Waals surface area contributed by atoms with Crippen LogP contribution in [0.1, 0.15) is 0 Å². The lowest BCUT2D eigenvalue weighted by atomic mass is 10.3. The zero-order chi connectivity index (χ0) is 84.5. The van der Waals surface area contributed by atoms with Crippen LogP contribution in [0.15, 0.2) is 151 Å². The van der Waals surface area contributed by atoms with Crippen LogP contribution in [0.5, 0.6) is 40.2 Å². The van der Waals surface area contributed by atoms with Crippen LogP contribution in [0.25, 0.3) is 0 Å². The fourth-order valence-electron chi connectivity index (χ4n) is 7.09. The first-order valence-electron chi connectivity index (χ1n) is 33.2. The van der Waals surface area contributed by atoms with Gasteiger partial charge in [0.1, 0.15) is 111 Å². The Kier molecular flexibility index (Phi) is 53.6. The maximum atomic E-state index is 11.6. The zero-order valence-corrected chi connectivity index (χ0v) is 63.3. The number of nitrogens with two attached hydrogens (primary N) is 2. The van der Waals surface area contributed by atoms with E-state index in [-0.39, 0.29) is 186 Å². The first-order chi connectivity index (χ1) is 55.4. The van der Waals surface area contributed by atoms with E-state index < -0.39 is 63.6 Å². The molecule has 115 heavy (non-hydrogen) atoms. The molecule has 0 fully saturated rings. The number of hydrogen-bond acceptors (Lipinski definition) is 37. The lowest BCUT2D eigenvalue weighted by Gasteiger charge is -2.09. The number of anilines is 2. The SMILES string of the molecule is N#COc1ccc(OCC(=O)OCCOCCOC(=O)COc2ccc(N=C=O)cc2)cc1.Nc1ccc(OCC(=O)OCCOCCOC(=O)COc2ccc(N)cc2)cc1.O=C(CCl)OCCOCCOC(=O)CCl.O=C(COc1ccc([N+](=O)[O-])cc1)OCCOCCOC(=O)COc1ccc([N+](=O)[O-])cc1.O=C(O)CCl. The van der Waals surface area contributed by atoms with Gasteiger partial charge >= 0.3 is 53.7 Å². The number of nitrogen functional groups attached to an aromatic ring is 2. The summed E-state index contributed by atoms with van der Waals surface area (Å²) in [6.45, 7) is -0.201. The molecule has 622 valence electrons. The van der Waals surface area contributed by atoms with E-state index in [1.165, 1.54) is 66.7 Å². The molecule has 0 radical (unpaired) electrons. The van der Waals surface area contributed by atoms with Gasteiger partial charge in [0.25, 0.3) is 17.6 Å². The molecule has 6 aromatic carbocycles. The number of carboxylic acid groups (broad SMARTS) is 1. The Morgan fingerprint density at radius 2 is 0.557 bits per heavy atom. The molecule has 0 saturated carbocycles. The van der Waals surface area contributed by atoms with Crippen molar-refractivity contribution in [3.8, 4) is 46.5 Å². The second-order valence-corrected chi connectivity index (χ2v) is 21.5. The van der Waals surface area contributed by atoms with Crippen LogP contribution in [0, 0.1) is 31.7 Å². The Balaban J connectivity index is 0.000000524. The summed E-state index contributed by atoms with van der Waals surface area (Å²) in [6, 6.07) is 36.2. The molecule has 0 heterocycles. The summed E-state index contributed by atoms with van der Waals surface area (Å²) >= 11 is 15.1. The quantitative estimate of drug-likeness (QED) is 0.00354. The first kappa shape index (κ1) is 98.2. The zero-order valence-electron chi connectivity index (χ0n) is 61.0. The summed E-state index contributed by atoms with van der Waals surface area (Å²) < 4.78 is 95.4. The highest BCUT2D eigenvalue weighted by atomic mass is 35.5. The number of benzene rings is 6. The van der Waals surface area contributed by atoms with Crippen LogP contribution in [0.2, 0.25) is 0 Å². The number of carbonyl (C=O) groups is 9. The van der Waals surface area contributed by atoms with Crippen LogP contribution in [-0.4, -0.2) is 238 Å². The Hall–Kier alpha value is -12.9. The van der Waals surface area contributed by atoms with Crippen molar-refractivity contribution in [2.75, 3.05) is 174 Å². The number of halogens is 3. The molecule has 6 rings (SSSR count). The molecule has 0 atom stereocenters. The lowest BCUT2D eigenvalue weighted by molar-refractivity contribution is -0.385. The van der Waals surface area contributed by atoms with Crippen LogP contribution in [0.3, 0.4) is 0 Å². The topological polar surface area (TPSA) is 541 Å². The van der Waals surface area contributed by atoms with Gasteiger partial charge in [-0.25, -0.2) is 33.6 Å². The Bertz CT molecular complexity index is 3790. The molecule has 0 amide bonds. The van der Waals surface area contributed by atoms with E-state index in [9.17, 15) is 68.2 Å². The molecule has 0 saturated heterocycles. The number of aliphatic carboxylic acids is 1. The fourth-order valence-corrected chi connectivity index (χ4v) is 7.24. The van der Waals surface area contributed by atoms with E-state index in [0.717, 1.165) is 0 Å². The number of non-ortho nitro benzene ring substituents is 2. The fraction of sp³-hybridized carbons (Fsp3) is 0.347. The highest BCUT2D eigenvalue weighted by Crippen LogP contribution is 2.21. The third-order valence-corrected chi connectivity index (χ3v) is 12.9. The standard InChI is InChI=1S/C22H20N2O9.C20H20N2O11.C20H24N2O7.C8H12Cl2O5.C2H3ClO2/c23-15-33-20-7-5-19(6-8-20)32-14-22(27)30-12-10-28-9-11-29-21(26)13-31-18-3-1-17(2-4-18)24-16-25;23-19(13-32-17-5-1-15(2-6-17)21(25)26)30-11-9-29-10-12-31-20(24)14-33-18-7-3-16(4-8-18)22(27)28;21-15-1-5-17(6-2-15)28-13-19(23)26-11-9-25-10-12-27-20(24)14-29-18-7-3-16(22)4-8-18;9-5-7(11)14-3-1-13-2-4-15-8(12)6-10;3-1-2(4)5/h2*1-8H,9-14H2;1-8H,9-14,21-22H2;1-6H2;1H2,(H,4,5). The Morgan fingerprint density at radius 3 is 0.765 bits per heavy atom. The third-order valence-electron chi connectivity index (χ3n) is 12.3. The summed E-state index contributed by atoms with van der Waals surface area (Å²) in [5, 5.41) is 37.1. The second kappa shape index (κ2) is 62.7. The summed E-state index contributed by atoms with van der Waals surface area (Å²) in [5.41, 5.74) is 12.6. The number of ether oxygens (including phenoxy) is 19. The molecular weight excluding hydrogens is 1600 g/mol. The molecule has 6 aromatic rings. The number of nitrogens with zero attached hydrogens (tertiary/aromatic N) is 4. The van der Waals surface area contributed by atoms with Gasteiger partial charge in [0.15, 0.2) is 39.6 Å². The molecule has 0 aliphatic carbocycles. The van der Waals surface area contributed by atoms with Crippen LogP contribution < -0.4 is 44.6 Å². The van der Waals surface area contributed by atoms with Crippen molar-refractivity contribution in [2.45, 2.75) is 0 Å². The van der Waals surface area contributed by atoms with Crippen LogP contribution in [-0.2, 0) is 105 Å². The number of nitro benzene ring substituents is 2. The largest absolute Gasteiger partial charge is 0.482 e. The smallest absolute Gasteiger partial charge is 0.344 e. The van der Waals surface area contributed by atoms with Gasteiger partial charge < -0.3 is 107 Å². The normalized spacial score (nSPS) is 9.86. The maximum absolute atomic E-state index is 11.6. The molecule has 0 aliphatic rings. The van der Waals surface area contributed by atoms with E-state index in [0.29, 0.717) is 45.8 Å². The van der Waals surface area contributed by atoms with E-state index in [2.05, 4.69) is 19.2 Å². The van der Waals surface area contributed by atoms with Crippen molar-refractivity contribution in [2.24, 2.45) is 4.99 Å². The predicted molar refractivity (Wildman–Crippen MR) is 399 cm³/mol. The van der Waals surface area contributed by atoms with Crippen molar-refractivity contribution in [3.05, 3.63) is 166 Å². The predicted octanol–water partition coefficient (Wildman–Crippen LogP) is 6.43. The monoisotopic (exact) mass is 1680 g/mol. The number of rotatable bonds is 49. The summed E-state index contributed by atoms with van der Waals surface area (Å²) in [5.74, 6) is -3.28. The van der Waals surface area contributed by atoms with Gasteiger partial charge in [-0.2, -0.15) is 4.99 Å². The Morgan fingerprint density at radius 1 is 0.348 bits per heavy atom. The van der Waals surface area contributed by atoms with E-state index in [1.54, 1.807) is 91.2 Å². The minimum absolute atomic E-state index is 0.0117. The lowest BCUT2D eigenvalue weighted by Crippen LogP contribution is -2.20. The van der Waals surface area contributed by atoms with Gasteiger partial charge in [0, 0.05) is 35.6 Å². The van der Waals surface area contributed by atoms with Gasteiger partial charge in [-0.15, -0.1) is 40.1 Å². The highest BCUT2D eigenvalue weighted by Gasteiger charge is 2.13. The summed E-state index contributed by atoms with van der Waals surface area (Å²) in [6.07, 6.45) is 2.97. The number of aliphatic imine (C=N–C) groups is 1. The number of carboxylic acids is 1. The van der Waals surface area contributed by atoms with Gasteiger partial charge in [-0.3, -0.25) is 34.6 Å². The van der Waals surface area contributed by atoms with Gasteiger partial charge in [-0.1, -0.05) is 0 Å². The second-order valence-electron chi connectivity index (χ2n) is 20.7. The molecular formula is C72H79Cl3N6O34. The van der Waals surface area contributed by atoms with E-state index >= 15 is 0 Å². The van der Waals surface area contributed by atoms with Crippen molar-refractivity contribution in [1.82, 2.24) is 0 Å². The number of esters is 8. The van der Waals surface area contributed by atoms with Crippen molar-refractivity contribution < 1.29 is 153 Å². The highest BCUT2D eigenvalue weighted by molar-refractivity contribution is 6.27. The van der Waals surface area contributed by atoms with Crippen LogP contribution in [0.4, 0.5) is 28.4 Å². The van der Waals surface area contributed by atoms with E-state index in [1.807, 2.05) is 0 Å². The van der Waals surface area contributed by atoms with Crippen molar-refractivity contribution >= 4 is 123 Å². The number of nitriles is 1. The first-order valence-corrected chi connectivity index (χ1v) is 34.8. The summed E-state index contributed by atoms with van der Waals surface area (Å²) in [4.78, 5) is 133. The summed E-state index contributed by atoms with van der Waals surface area (Å²) in [7, 11) is 0. The average molecular weight is 1680 g/mol. The molecule has 0 aliphatic heterocycles. The molecule has 0 unspecified atom stereocenters. The number of hydrogen-bond donors (Lipinski definition) is 3. The van der Waals surface area contributed by atoms with Gasteiger partial charge in [0.2, 0.25) is 6.08 Å². The number of carbonyl (C=O) groups excluding carboxylic acids is 9. The molecule has 0 aromatic heterocycles. The molecule has 43 heteroatoms. The molecule has 5 N–H and O–H groups in total. The van der Waals surface area contributed by atoms with Gasteiger partial charge in [0.05, 0.1) is 68.4 Å².